The van der Waals surface area contributed by atoms with Gasteiger partial charge in [0.05, 0.1) is 17.4 Å². The summed E-state index contributed by atoms with van der Waals surface area (Å²) in [6.07, 6.45) is 3.06. The van der Waals surface area contributed by atoms with E-state index in [1.807, 2.05) is 49.4 Å². The van der Waals surface area contributed by atoms with Crippen LogP contribution in [0.15, 0.2) is 54.6 Å². The van der Waals surface area contributed by atoms with Gasteiger partial charge < -0.3 is 10.1 Å². The number of piperidine rings is 1. The Morgan fingerprint density at radius 1 is 1.09 bits per heavy atom. The molecule has 0 spiro atoms. The average molecular weight is 482 g/mol. The number of nitrogens with zero attached hydrogens (tertiary/aromatic N) is 1. The zero-order chi connectivity index (χ0) is 24.1. The number of hydrogen-bond donors (Lipinski definition) is 2. The minimum absolute atomic E-state index is 0.293. The summed E-state index contributed by atoms with van der Waals surface area (Å²) < 4.78 is 33.8. The van der Waals surface area contributed by atoms with Crippen LogP contribution in [0.1, 0.15) is 50.3 Å². The highest BCUT2D eigenvalue weighted by molar-refractivity contribution is 7.93. The number of aromatic nitrogens is 1. The van der Waals surface area contributed by atoms with Crippen molar-refractivity contribution in [2.45, 2.75) is 51.2 Å². The smallest absolute Gasteiger partial charge is 0.235 e. The molecule has 0 bridgehead atoms. The lowest BCUT2D eigenvalue weighted by molar-refractivity contribution is 0.249. The Hall–Kier alpha value is -2.64. The van der Waals surface area contributed by atoms with E-state index in [0.717, 1.165) is 60.3 Å². The molecule has 34 heavy (non-hydrogen) atoms. The van der Waals surface area contributed by atoms with Crippen LogP contribution < -0.4 is 14.8 Å². The van der Waals surface area contributed by atoms with Gasteiger partial charge in [-0.15, -0.1) is 0 Å². The van der Waals surface area contributed by atoms with Crippen LogP contribution in [0.5, 0.6) is 5.75 Å². The highest BCUT2D eigenvalue weighted by atomic mass is 32.2. The van der Waals surface area contributed by atoms with Crippen molar-refractivity contribution in [3.8, 4) is 5.75 Å². The van der Waals surface area contributed by atoms with E-state index < -0.39 is 15.3 Å². The lowest BCUT2D eigenvalue weighted by atomic mass is 9.78. The molecule has 1 fully saturated rings. The third-order valence-electron chi connectivity index (χ3n) is 6.67. The van der Waals surface area contributed by atoms with Gasteiger partial charge in [0.25, 0.3) is 0 Å². The van der Waals surface area contributed by atoms with E-state index in [1.165, 1.54) is 0 Å². The van der Waals surface area contributed by atoms with E-state index >= 15 is 0 Å². The van der Waals surface area contributed by atoms with Crippen molar-refractivity contribution >= 4 is 26.6 Å². The first kappa shape index (κ1) is 24.5. The van der Waals surface area contributed by atoms with Gasteiger partial charge in [-0.1, -0.05) is 18.2 Å². The number of sulfonamides is 1. The second-order valence-corrected chi connectivity index (χ2v) is 11.7. The Balaban J connectivity index is 1.53. The van der Waals surface area contributed by atoms with Crippen molar-refractivity contribution < 1.29 is 13.2 Å². The zero-order valence-corrected chi connectivity index (χ0v) is 21.1. The van der Waals surface area contributed by atoms with E-state index in [2.05, 4.69) is 27.2 Å². The first-order valence-corrected chi connectivity index (χ1v) is 13.7. The monoisotopic (exact) mass is 481 g/mol. The fourth-order valence-corrected chi connectivity index (χ4v) is 5.38. The third kappa shape index (κ3) is 5.88. The normalized spacial score (nSPS) is 16.0. The standard InChI is InChI=1S/C27H35N3O3S/c1-19(2)34(31,32)30-23-7-4-6-22(18-23)24(21-12-15-28-16-13-21)14-17-33-27-9-5-8-26-25(27)11-10-20(3)29-26/h4-11,18-19,21,24,28,30H,12-17H2,1-3H3. The Morgan fingerprint density at radius 2 is 1.85 bits per heavy atom. The number of anilines is 1. The van der Waals surface area contributed by atoms with Crippen LogP contribution in [0.25, 0.3) is 10.9 Å². The molecule has 1 aromatic heterocycles. The number of pyridine rings is 1. The largest absolute Gasteiger partial charge is 0.493 e. The van der Waals surface area contributed by atoms with Crippen molar-refractivity contribution in [3.63, 3.8) is 0 Å². The van der Waals surface area contributed by atoms with Crippen molar-refractivity contribution in [1.29, 1.82) is 0 Å². The van der Waals surface area contributed by atoms with E-state index in [1.54, 1.807) is 13.8 Å². The highest BCUT2D eigenvalue weighted by Gasteiger charge is 2.26. The van der Waals surface area contributed by atoms with Gasteiger partial charge in [0.1, 0.15) is 5.75 Å². The Labute approximate surface area is 203 Å². The molecule has 0 amide bonds. The maximum atomic E-state index is 12.4. The van der Waals surface area contributed by atoms with E-state index in [-0.39, 0.29) is 0 Å². The molecule has 3 aromatic rings. The summed E-state index contributed by atoms with van der Waals surface area (Å²) in [5.74, 6) is 1.67. The second kappa shape index (κ2) is 10.7. The lowest BCUT2D eigenvalue weighted by Gasteiger charge is -2.31. The molecular formula is C27H35N3O3S. The molecule has 2 N–H and O–H groups in total. The van der Waals surface area contributed by atoms with Crippen molar-refractivity contribution in [2.75, 3.05) is 24.4 Å². The van der Waals surface area contributed by atoms with Crippen molar-refractivity contribution in [1.82, 2.24) is 10.3 Å². The second-order valence-electron chi connectivity index (χ2n) is 9.43. The van der Waals surface area contributed by atoms with Crippen LogP contribution in [-0.2, 0) is 10.0 Å². The van der Waals surface area contributed by atoms with E-state index in [9.17, 15) is 8.42 Å². The molecule has 0 radical (unpaired) electrons. The van der Waals surface area contributed by atoms with Gasteiger partial charge in [0, 0.05) is 16.8 Å². The quantitative estimate of drug-likeness (QED) is 0.437. The van der Waals surface area contributed by atoms with Crippen LogP contribution in [0.3, 0.4) is 0 Å². The topological polar surface area (TPSA) is 80.3 Å². The number of nitrogens with one attached hydrogen (secondary N) is 2. The molecule has 0 saturated carbocycles. The van der Waals surface area contributed by atoms with Crippen molar-refractivity contribution in [2.24, 2.45) is 5.92 Å². The van der Waals surface area contributed by atoms with Gasteiger partial charge in [-0.2, -0.15) is 0 Å². The third-order valence-corrected chi connectivity index (χ3v) is 8.43. The molecule has 1 aliphatic rings. The minimum Gasteiger partial charge on any atom is -0.493 e. The summed E-state index contributed by atoms with van der Waals surface area (Å²) in [6.45, 7) is 7.97. The van der Waals surface area contributed by atoms with Gasteiger partial charge in [0.15, 0.2) is 0 Å². The summed E-state index contributed by atoms with van der Waals surface area (Å²) in [4.78, 5) is 4.61. The molecular weight excluding hydrogens is 446 g/mol. The first-order chi connectivity index (χ1) is 16.3. The molecule has 182 valence electrons. The summed E-state index contributed by atoms with van der Waals surface area (Å²) >= 11 is 0. The summed E-state index contributed by atoms with van der Waals surface area (Å²) in [5, 5.41) is 3.99. The predicted molar refractivity (Wildman–Crippen MR) is 139 cm³/mol. The van der Waals surface area contributed by atoms with Crippen molar-refractivity contribution in [3.05, 3.63) is 65.9 Å². The Kier molecular flexibility index (Phi) is 7.73. The fraction of sp³-hybridized carbons (Fsp3) is 0.444. The molecule has 1 saturated heterocycles. The molecule has 4 rings (SSSR count). The zero-order valence-electron chi connectivity index (χ0n) is 20.3. The predicted octanol–water partition coefficient (Wildman–Crippen LogP) is 5.25. The van der Waals surface area contributed by atoms with Crippen LogP contribution >= 0.6 is 0 Å². The van der Waals surface area contributed by atoms with Crippen LogP contribution in [0.4, 0.5) is 5.69 Å². The Morgan fingerprint density at radius 3 is 2.62 bits per heavy atom. The van der Waals surface area contributed by atoms with Gasteiger partial charge in [-0.25, -0.2) is 8.42 Å². The summed E-state index contributed by atoms with van der Waals surface area (Å²) in [6, 6.07) is 18.0. The number of benzene rings is 2. The SMILES string of the molecule is Cc1ccc2c(OCCC(c3cccc(NS(=O)(=O)C(C)C)c3)C3CCNCC3)cccc2n1. The fourth-order valence-electron chi connectivity index (χ4n) is 4.69. The lowest BCUT2D eigenvalue weighted by Crippen LogP contribution is -2.31. The van der Waals surface area contributed by atoms with Gasteiger partial charge in [-0.05, 0) is 107 Å². The number of fused-ring (bicyclic) bond motifs is 1. The number of aryl methyl sites for hydroxylation is 1. The molecule has 2 heterocycles. The van der Waals surface area contributed by atoms with E-state index in [4.69, 9.17) is 4.74 Å². The molecule has 0 aliphatic carbocycles. The van der Waals surface area contributed by atoms with Crippen LogP contribution in [0, 0.1) is 12.8 Å². The Bertz CT molecular complexity index is 1220. The van der Waals surface area contributed by atoms with E-state index in [0.29, 0.717) is 24.1 Å². The minimum atomic E-state index is -3.39. The summed E-state index contributed by atoms with van der Waals surface area (Å²) in [5.41, 5.74) is 3.72. The molecule has 1 aliphatic heterocycles. The number of ether oxygens (including phenoxy) is 1. The molecule has 6 nitrogen and oxygen atoms in total. The van der Waals surface area contributed by atoms with Crippen LogP contribution in [-0.4, -0.2) is 38.3 Å². The molecule has 2 aromatic carbocycles. The van der Waals surface area contributed by atoms with Crippen LogP contribution in [0.2, 0.25) is 0 Å². The summed E-state index contributed by atoms with van der Waals surface area (Å²) in [7, 11) is -3.39. The molecule has 7 heteroatoms. The maximum Gasteiger partial charge on any atom is 0.235 e. The average Bonchev–Trinajstić information content (AvgIpc) is 2.82. The first-order valence-electron chi connectivity index (χ1n) is 12.1. The molecule has 1 unspecified atom stereocenters. The van der Waals surface area contributed by atoms with Gasteiger partial charge >= 0.3 is 0 Å². The number of rotatable bonds is 9. The van der Waals surface area contributed by atoms with Gasteiger partial charge in [0.2, 0.25) is 10.0 Å². The highest BCUT2D eigenvalue weighted by Crippen LogP contribution is 2.35. The molecule has 1 atom stereocenters. The number of hydrogen-bond acceptors (Lipinski definition) is 5. The maximum absolute atomic E-state index is 12.4. The van der Waals surface area contributed by atoms with Gasteiger partial charge in [-0.3, -0.25) is 9.71 Å².